The van der Waals surface area contributed by atoms with Crippen molar-refractivity contribution in [3.05, 3.63) is 23.8 Å². The van der Waals surface area contributed by atoms with Gasteiger partial charge >= 0.3 is 0 Å². The lowest BCUT2D eigenvalue weighted by Crippen LogP contribution is -2.31. The van der Waals surface area contributed by atoms with Gasteiger partial charge in [0.05, 0.1) is 0 Å². The van der Waals surface area contributed by atoms with E-state index in [1.165, 1.54) is 37.7 Å². The molecule has 0 saturated heterocycles. The molecule has 0 atom stereocenters. The first-order valence-corrected chi connectivity index (χ1v) is 7.41. The van der Waals surface area contributed by atoms with E-state index in [0.717, 1.165) is 24.6 Å². The summed E-state index contributed by atoms with van der Waals surface area (Å²) in [6.07, 6.45) is 6.87. The van der Waals surface area contributed by atoms with Gasteiger partial charge in [0.15, 0.2) is 11.5 Å². The number of hydrogen-bond acceptors (Lipinski definition) is 3. The molecule has 2 aliphatic rings. The molecule has 0 spiro atoms. The minimum absolute atomic E-state index is 0.352. The van der Waals surface area contributed by atoms with E-state index in [-0.39, 0.29) is 0 Å². The fourth-order valence-electron chi connectivity index (χ4n) is 3.30. The summed E-state index contributed by atoms with van der Waals surface area (Å²) < 4.78 is 10.7. The van der Waals surface area contributed by atoms with Crippen molar-refractivity contribution in [2.24, 2.45) is 5.41 Å². The van der Waals surface area contributed by atoms with Gasteiger partial charge in [-0.1, -0.05) is 25.8 Å². The molecule has 1 fully saturated rings. The quantitative estimate of drug-likeness (QED) is 0.880. The van der Waals surface area contributed by atoms with Crippen molar-refractivity contribution < 1.29 is 9.47 Å². The Labute approximate surface area is 115 Å². The van der Waals surface area contributed by atoms with Crippen LogP contribution in [-0.2, 0) is 6.54 Å². The van der Waals surface area contributed by atoms with Crippen molar-refractivity contribution in [3.8, 4) is 11.5 Å². The Balaban J connectivity index is 1.55. The standard InChI is InChI=1S/C16H23NO2/c1-2-16(7-3-4-8-16)11-17-10-13-5-6-14-15(9-13)19-12-18-14/h5-6,9,17H,2-4,7-8,10-12H2,1H3. The van der Waals surface area contributed by atoms with Gasteiger partial charge in [0, 0.05) is 13.1 Å². The van der Waals surface area contributed by atoms with Crippen LogP contribution in [0.15, 0.2) is 18.2 Å². The van der Waals surface area contributed by atoms with E-state index in [4.69, 9.17) is 9.47 Å². The Morgan fingerprint density at radius 2 is 1.95 bits per heavy atom. The predicted molar refractivity (Wildman–Crippen MR) is 75.5 cm³/mol. The van der Waals surface area contributed by atoms with E-state index in [1.54, 1.807) is 0 Å². The first-order chi connectivity index (χ1) is 9.31. The lowest BCUT2D eigenvalue weighted by Gasteiger charge is -2.27. The van der Waals surface area contributed by atoms with Crippen LogP contribution in [0.2, 0.25) is 0 Å². The fraction of sp³-hybridized carbons (Fsp3) is 0.625. The molecule has 19 heavy (non-hydrogen) atoms. The number of fused-ring (bicyclic) bond motifs is 1. The first kappa shape index (κ1) is 12.8. The van der Waals surface area contributed by atoms with Crippen molar-refractivity contribution in [3.63, 3.8) is 0 Å². The highest BCUT2D eigenvalue weighted by Crippen LogP contribution is 2.40. The maximum atomic E-state index is 5.41. The smallest absolute Gasteiger partial charge is 0.231 e. The third-order valence-corrected chi connectivity index (χ3v) is 4.68. The molecule has 1 aromatic rings. The van der Waals surface area contributed by atoms with Gasteiger partial charge in [-0.05, 0) is 42.4 Å². The maximum absolute atomic E-state index is 5.41. The second kappa shape index (κ2) is 5.41. The third-order valence-electron chi connectivity index (χ3n) is 4.68. The number of rotatable bonds is 5. The Morgan fingerprint density at radius 1 is 1.16 bits per heavy atom. The Morgan fingerprint density at radius 3 is 2.74 bits per heavy atom. The topological polar surface area (TPSA) is 30.5 Å². The number of nitrogens with one attached hydrogen (secondary N) is 1. The second-order valence-electron chi connectivity index (χ2n) is 5.85. The van der Waals surface area contributed by atoms with Crippen molar-refractivity contribution in [1.82, 2.24) is 5.32 Å². The normalized spacial score (nSPS) is 19.8. The lowest BCUT2D eigenvalue weighted by molar-refractivity contribution is 0.174. The third kappa shape index (κ3) is 2.71. The largest absolute Gasteiger partial charge is 0.454 e. The van der Waals surface area contributed by atoms with Gasteiger partial charge in [0.2, 0.25) is 6.79 Å². The zero-order valence-electron chi connectivity index (χ0n) is 11.7. The summed E-state index contributed by atoms with van der Waals surface area (Å²) in [4.78, 5) is 0. The molecule has 0 radical (unpaired) electrons. The molecule has 3 nitrogen and oxygen atoms in total. The van der Waals surface area contributed by atoms with Gasteiger partial charge in [-0.2, -0.15) is 0 Å². The molecule has 3 rings (SSSR count). The molecular formula is C16H23NO2. The average molecular weight is 261 g/mol. The van der Waals surface area contributed by atoms with Gasteiger partial charge in [0.25, 0.3) is 0 Å². The molecule has 1 N–H and O–H groups in total. The van der Waals surface area contributed by atoms with Crippen LogP contribution in [0.25, 0.3) is 0 Å². The van der Waals surface area contributed by atoms with Crippen LogP contribution in [0.4, 0.5) is 0 Å². The lowest BCUT2D eigenvalue weighted by atomic mass is 9.83. The summed E-state index contributed by atoms with van der Waals surface area (Å²) in [5, 5.41) is 3.63. The van der Waals surface area contributed by atoms with Crippen LogP contribution >= 0.6 is 0 Å². The van der Waals surface area contributed by atoms with Crippen LogP contribution < -0.4 is 14.8 Å². The Hall–Kier alpha value is -1.22. The van der Waals surface area contributed by atoms with Crippen LogP contribution in [0.1, 0.15) is 44.6 Å². The zero-order valence-corrected chi connectivity index (χ0v) is 11.7. The monoisotopic (exact) mass is 261 g/mol. The molecule has 1 aromatic carbocycles. The number of hydrogen-bond donors (Lipinski definition) is 1. The van der Waals surface area contributed by atoms with Gasteiger partial charge in [-0.3, -0.25) is 0 Å². The Bertz CT molecular complexity index is 438. The molecule has 1 aliphatic heterocycles. The van der Waals surface area contributed by atoms with Crippen molar-refractivity contribution in [2.75, 3.05) is 13.3 Å². The Kier molecular flexibility index (Phi) is 3.65. The molecule has 0 bridgehead atoms. The van der Waals surface area contributed by atoms with Crippen LogP contribution in [0.5, 0.6) is 11.5 Å². The molecule has 1 heterocycles. The van der Waals surface area contributed by atoms with Crippen molar-refractivity contribution in [1.29, 1.82) is 0 Å². The fourth-order valence-corrected chi connectivity index (χ4v) is 3.30. The second-order valence-corrected chi connectivity index (χ2v) is 5.85. The summed E-state index contributed by atoms with van der Waals surface area (Å²) in [6, 6.07) is 6.21. The molecule has 1 saturated carbocycles. The molecular weight excluding hydrogens is 238 g/mol. The number of ether oxygens (including phenoxy) is 2. The minimum atomic E-state index is 0.352. The molecule has 3 heteroatoms. The minimum Gasteiger partial charge on any atom is -0.454 e. The molecule has 0 unspecified atom stereocenters. The summed E-state index contributed by atoms with van der Waals surface area (Å²) in [7, 11) is 0. The van der Waals surface area contributed by atoms with E-state index in [0.29, 0.717) is 12.2 Å². The highest BCUT2D eigenvalue weighted by Gasteiger charge is 2.31. The van der Waals surface area contributed by atoms with E-state index in [2.05, 4.69) is 24.4 Å². The van der Waals surface area contributed by atoms with Crippen LogP contribution in [0.3, 0.4) is 0 Å². The van der Waals surface area contributed by atoms with E-state index in [1.807, 2.05) is 6.07 Å². The zero-order chi connectivity index (χ0) is 13.1. The van der Waals surface area contributed by atoms with E-state index >= 15 is 0 Å². The van der Waals surface area contributed by atoms with Crippen LogP contribution in [-0.4, -0.2) is 13.3 Å². The summed E-state index contributed by atoms with van der Waals surface area (Å²) in [6.45, 7) is 4.73. The van der Waals surface area contributed by atoms with Crippen LogP contribution in [0, 0.1) is 5.41 Å². The SMILES string of the molecule is CCC1(CNCc2ccc3c(c2)OCO3)CCCC1. The number of benzene rings is 1. The summed E-state index contributed by atoms with van der Waals surface area (Å²) in [5.41, 5.74) is 1.82. The van der Waals surface area contributed by atoms with Crippen molar-refractivity contribution >= 4 is 0 Å². The summed E-state index contributed by atoms with van der Waals surface area (Å²) >= 11 is 0. The molecule has 1 aliphatic carbocycles. The van der Waals surface area contributed by atoms with Crippen molar-refractivity contribution in [2.45, 2.75) is 45.6 Å². The molecule has 104 valence electrons. The highest BCUT2D eigenvalue weighted by molar-refractivity contribution is 5.44. The van der Waals surface area contributed by atoms with E-state index in [9.17, 15) is 0 Å². The molecule has 0 amide bonds. The van der Waals surface area contributed by atoms with Gasteiger partial charge in [-0.25, -0.2) is 0 Å². The average Bonchev–Trinajstić information content (AvgIpc) is 3.07. The highest BCUT2D eigenvalue weighted by atomic mass is 16.7. The molecule has 0 aromatic heterocycles. The van der Waals surface area contributed by atoms with Gasteiger partial charge in [0.1, 0.15) is 0 Å². The van der Waals surface area contributed by atoms with E-state index < -0.39 is 0 Å². The van der Waals surface area contributed by atoms with Gasteiger partial charge in [-0.15, -0.1) is 0 Å². The van der Waals surface area contributed by atoms with Gasteiger partial charge < -0.3 is 14.8 Å². The first-order valence-electron chi connectivity index (χ1n) is 7.41. The predicted octanol–water partition coefficient (Wildman–Crippen LogP) is 3.48. The summed E-state index contributed by atoms with van der Waals surface area (Å²) in [5.74, 6) is 1.75. The maximum Gasteiger partial charge on any atom is 0.231 e.